The lowest BCUT2D eigenvalue weighted by molar-refractivity contribution is 0.278. The number of hydrogen-bond donors (Lipinski definition) is 2. The van der Waals surface area contributed by atoms with E-state index in [0.717, 1.165) is 16.6 Å². The second-order valence-electron chi connectivity index (χ2n) is 4.45. The largest absolute Gasteiger partial charge is 0.396 e. The Morgan fingerprint density at radius 3 is 2.67 bits per heavy atom. The van der Waals surface area contributed by atoms with E-state index >= 15 is 0 Å². The molecule has 0 spiro atoms. The first kappa shape index (κ1) is 13.0. The van der Waals surface area contributed by atoms with E-state index in [1.807, 2.05) is 26.0 Å². The molecule has 0 atom stereocenters. The van der Waals surface area contributed by atoms with Crippen molar-refractivity contribution < 1.29 is 5.11 Å². The highest BCUT2D eigenvalue weighted by Crippen LogP contribution is 2.14. The lowest BCUT2D eigenvalue weighted by Gasteiger charge is -2.09. The summed E-state index contributed by atoms with van der Waals surface area (Å²) in [5.74, 6) is 0. The molecular formula is C13H16N2O2S. The molecule has 0 aliphatic carbocycles. The molecule has 2 N–H and O–H groups in total. The Kier molecular flexibility index (Phi) is 3.63. The highest BCUT2D eigenvalue weighted by molar-refractivity contribution is 7.71. The first-order chi connectivity index (χ1) is 8.54. The van der Waals surface area contributed by atoms with Gasteiger partial charge in [0.25, 0.3) is 5.56 Å². The summed E-state index contributed by atoms with van der Waals surface area (Å²) in [6, 6.07) is 3.83. The van der Waals surface area contributed by atoms with Gasteiger partial charge in [0.2, 0.25) is 0 Å². The van der Waals surface area contributed by atoms with Gasteiger partial charge in [0.15, 0.2) is 4.77 Å². The number of H-pyrrole nitrogens is 1. The van der Waals surface area contributed by atoms with Crippen LogP contribution in [0.5, 0.6) is 0 Å². The van der Waals surface area contributed by atoms with Crippen LogP contribution < -0.4 is 5.56 Å². The number of aliphatic hydroxyl groups excluding tert-OH is 1. The lowest BCUT2D eigenvalue weighted by atomic mass is 10.1. The summed E-state index contributed by atoms with van der Waals surface area (Å²) in [6.07, 6.45) is 0.522. The second-order valence-corrected chi connectivity index (χ2v) is 4.83. The number of nitrogens with zero attached hydrogens (tertiary/aromatic N) is 1. The summed E-state index contributed by atoms with van der Waals surface area (Å²) in [5.41, 5.74) is 2.89. The minimum absolute atomic E-state index is 0.0478. The zero-order valence-electron chi connectivity index (χ0n) is 10.5. The molecule has 2 rings (SSSR count). The van der Waals surface area contributed by atoms with Crippen LogP contribution >= 0.6 is 12.2 Å². The van der Waals surface area contributed by atoms with Crippen molar-refractivity contribution >= 4 is 23.1 Å². The van der Waals surface area contributed by atoms with E-state index < -0.39 is 0 Å². The van der Waals surface area contributed by atoms with Crippen molar-refractivity contribution in [3.05, 3.63) is 38.4 Å². The highest BCUT2D eigenvalue weighted by atomic mass is 32.1. The van der Waals surface area contributed by atoms with Gasteiger partial charge in [-0.25, -0.2) is 0 Å². The van der Waals surface area contributed by atoms with Crippen molar-refractivity contribution in [1.29, 1.82) is 0 Å². The predicted octanol–water partition coefficient (Wildman–Crippen LogP) is 2.06. The van der Waals surface area contributed by atoms with Crippen LogP contribution in [-0.2, 0) is 6.54 Å². The molecule has 0 unspecified atom stereocenters. The zero-order valence-corrected chi connectivity index (χ0v) is 11.3. The molecule has 96 valence electrons. The molecule has 1 aromatic heterocycles. The molecule has 0 saturated carbocycles. The molecule has 0 amide bonds. The van der Waals surface area contributed by atoms with Gasteiger partial charge in [-0.1, -0.05) is 0 Å². The quantitative estimate of drug-likeness (QED) is 0.834. The molecule has 0 aliphatic rings. The van der Waals surface area contributed by atoms with E-state index in [-0.39, 0.29) is 12.2 Å². The van der Waals surface area contributed by atoms with Gasteiger partial charge in [-0.2, -0.15) is 0 Å². The number of aromatic nitrogens is 2. The average Bonchev–Trinajstić information content (AvgIpc) is 2.32. The van der Waals surface area contributed by atoms with Crippen molar-refractivity contribution in [2.75, 3.05) is 6.61 Å². The molecular weight excluding hydrogens is 248 g/mol. The molecule has 2 aromatic rings. The number of aliphatic hydroxyl groups is 1. The standard InChI is InChI=1S/C13H16N2O2S/c1-8-6-10-11(7-9(8)2)14-13(18)15(12(10)17)4-3-5-16/h6-7,16H,3-5H2,1-2H3,(H,14,18). The Morgan fingerprint density at radius 2 is 2.00 bits per heavy atom. The van der Waals surface area contributed by atoms with E-state index in [2.05, 4.69) is 4.98 Å². The summed E-state index contributed by atoms with van der Waals surface area (Å²) in [6.45, 7) is 4.47. The number of fused-ring (bicyclic) bond motifs is 1. The van der Waals surface area contributed by atoms with Gasteiger partial charge in [0, 0.05) is 13.2 Å². The molecule has 5 heteroatoms. The first-order valence-electron chi connectivity index (χ1n) is 5.89. The smallest absolute Gasteiger partial charge is 0.262 e. The second kappa shape index (κ2) is 5.04. The average molecular weight is 264 g/mol. The first-order valence-corrected chi connectivity index (χ1v) is 6.30. The van der Waals surface area contributed by atoms with E-state index in [1.165, 1.54) is 4.57 Å². The number of hydrogen-bond acceptors (Lipinski definition) is 3. The van der Waals surface area contributed by atoms with Gasteiger partial charge < -0.3 is 10.1 Å². The number of aryl methyl sites for hydroxylation is 2. The van der Waals surface area contributed by atoms with Gasteiger partial charge in [-0.05, 0) is 55.7 Å². The molecule has 0 fully saturated rings. The summed E-state index contributed by atoms with van der Waals surface area (Å²) in [5, 5.41) is 9.49. The molecule has 4 nitrogen and oxygen atoms in total. The van der Waals surface area contributed by atoms with Crippen LogP contribution in [0.2, 0.25) is 0 Å². The maximum atomic E-state index is 12.3. The molecule has 0 saturated heterocycles. The Labute approximate surface area is 110 Å². The zero-order chi connectivity index (χ0) is 13.3. The number of aromatic amines is 1. The van der Waals surface area contributed by atoms with Crippen molar-refractivity contribution in [3.63, 3.8) is 0 Å². The fourth-order valence-electron chi connectivity index (χ4n) is 1.95. The minimum Gasteiger partial charge on any atom is -0.396 e. The van der Waals surface area contributed by atoms with Crippen molar-refractivity contribution in [2.45, 2.75) is 26.8 Å². The minimum atomic E-state index is -0.0923. The van der Waals surface area contributed by atoms with Crippen LogP contribution in [0.3, 0.4) is 0 Å². The monoisotopic (exact) mass is 264 g/mol. The molecule has 0 radical (unpaired) electrons. The van der Waals surface area contributed by atoms with Crippen LogP contribution in [0.1, 0.15) is 17.5 Å². The Balaban J connectivity index is 2.73. The third-order valence-electron chi connectivity index (χ3n) is 3.14. The maximum Gasteiger partial charge on any atom is 0.262 e. The van der Waals surface area contributed by atoms with Crippen LogP contribution in [-0.4, -0.2) is 21.3 Å². The van der Waals surface area contributed by atoms with Gasteiger partial charge in [0.05, 0.1) is 10.9 Å². The SMILES string of the molecule is Cc1cc2[nH]c(=S)n(CCCO)c(=O)c2cc1C. The molecule has 0 aliphatic heterocycles. The third kappa shape index (κ3) is 2.23. The predicted molar refractivity (Wildman–Crippen MR) is 74.6 cm³/mol. The summed E-state index contributed by atoms with van der Waals surface area (Å²) in [4.78, 5) is 15.4. The fourth-order valence-corrected chi connectivity index (χ4v) is 2.23. The van der Waals surface area contributed by atoms with Crippen LogP contribution in [0, 0.1) is 18.6 Å². The maximum absolute atomic E-state index is 12.3. The Hall–Kier alpha value is -1.46. The summed E-state index contributed by atoms with van der Waals surface area (Å²) in [7, 11) is 0. The number of nitrogens with one attached hydrogen (secondary N) is 1. The van der Waals surface area contributed by atoms with Crippen LogP contribution in [0.4, 0.5) is 0 Å². The molecule has 0 bridgehead atoms. The highest BCUT2D eigenvalue weighted by Gasteiger charge is 2.07. The van der Waals surface area contributed by atoms with E-state index in [4.69, 9.17) is 17.3 Å². The number of benzene rings is 1. The Morgan fingerprint density at radius 1 is 1.33 bits per heavy atom. The van der Waals surface area contributed by atoms with Gasteiger partial charge in [-0.15, -0.1) is 0 Å². The van der Waals surface area contributed by atoms with E-state index in [1.54, 1.807) is 0 Å². The molecule has 1 aromatic carbocycles. The van der Waals surface area contributed by atoms with Gasteiger partial charge in [-0.3, -0.25) is 9.36 Å². The lowest BCUT2D eigenvalue weighted by Crippen LogP contribution is -2.23. The third-order valence-corrected chi connectivity index (χ3v) is 3.46. The fraction of sp³-hybridized carbons (Fsp3) is 0.385. The van der Waals surface area contributed by atoms with Crippen molar-refractivity contribution in [2.24, 2.45) is 0 Å². The van der Waals surface area contributed by atoms with Crippen molar-refractivity contribution in [1.82, 2.24) is 9.55 Å². The topological polar surface area (TPSA) is 58.0 Å². The van der Waals surface area contributed by atoms with E-state index in [9.17, 15) is 4.79 Å². The molecule has 18 heavy (non-hydrogen) atoms. The normalized spacial score (nSPS) is 11.1. The van der Waals surface area contributed by atoms with E-state index in [0.29, 0.717) is 23.1 Å². The van der Waals surface area contributed by atoms with Crippen molar-refractivity contribution in [3.8, 4) is 0 Å². The van der Waals surface area contributed by atoms with Gasteiger partial charge >= 0.3 is 0 Å². The Bertz CT molecular complexity index is 700. The van der Waals surface area contributed by atoms with Gasteiger partial charge in [0.1, 0.15) is 0 Å². The summed E-state index contributed by atoms with van der Waals surface area (Å²) < 4.78 is 1.91. The summed E-state index contributed by atoms with van der Waals surface area (Å²) >= 11 is 5.18. The van der Waals surface area contributed by atoms with Crippen LogP contribution in [0.25, 0.3) is 10.9 Å². The van der Waals surface area contributed by atoms with Crippen LogP contribution in [0.15, 0.2) is 16.9 Å². The molecule has 1 heterocycles. The number of rotatable bonds is 3.